The number of hydrogen-bond acceptors (Lipinski definition) is 3. The fourth-order valence-electron chi connectivity index (χ4n) is 2.23. The molecule has 0 spiro atoms. The van der Waals surface area contributed by atoms with E-state index in [0.29, 0.717) is 20.8 Å². The van der Waals surface area contributed by atoms with E-state index in [4.69, 9.17) is 23.2 Å². The van der Waals surface area contributed by atoms with Crippen LogP contribution >= 0.6 is 34.5 Å². The molecule has 1 aromatic heterocycles. The number of carbonyl (C=O) groups excluding carboxylic acids is 1. The average Bonchev–Trinajstić information content (AvgIpc) is 3.01. The lowest BCUT2D eigenvalue weighted by Crippen LogP contribution is -2.22. The maximum Gasteiger partial charge on any atom is 0.253 e. The van der Waals surface area contributed by atoms with Crippen molar-refractivity contribution in [1.29, 1.82) is 0 Å². The van der Waals surface area contributed by atoms with Gasteiger partial charge in [-0.1, -0.05) is 41.4 Å². The van der Waals surface area contributed by atoms with Crippen LogP contribution in [0.15, 0.2) is 24.3 Å². The van der Waals surface area contributed by atoms with E-state index in [1.165, 1.54) is 22.5 Å². The van der Waals surface area contributed by atoms with Gasteiger partial charge < -0.3 is 10.6 Å². The summed E-state index contributed by atoms with van der Waals surface area (Å²) in [5, 5.41) is 6.16. The number of thiophene rings is 1. The van der Waals surface area contributed by atoms with Gasteiger partial charge >= 0.3 is 0 Å². The first-order valence-electron chi connectivity index (χ1n) is 6.18. The third kappa shape index (κ3) is 2.83. The van der Waals surface area contributed by atoms with Crippen LogP contribution < -0.4 is 10.6 Å². The van der Waals surface area contributed by atoms with Crippen molar-refractivity contribution < 1.29 is 4.79 Å². The number of amides is 1. The molecule has 1 aromatic carbocycles. The maximum atomic E-state index is 12.0. The summed E-state index contributed by atoms with van der Waals surface area (Å²) < 4.78 is 0.939. The Morgan fingerprint density at radius 3 is 2.80 bits per heavy atom. The summed E-state index contributed by atoms with van der Waals surface area (Å²) in [5.41, 5.74) is 4.14. The van der Waals surface area contributed by atoms with Crippen LogP contribution in [0.4, 0.5) is 0 Å². The van der Waals surface area contributed by atoms with E-state index in [9.17, 15) is 4.79 Å². The summed E-state index contributed by atoms with van der Waals surface area (Å²) >= 11 is 13.0. The molecular formula is C14H12Cl2N2OS. The predicted molar refractivity (Wildman–Crippen MR) is 82.5 cm³/mol. The van der Waals surface area contributed by atoms with Gasteiger partial charge in [0.1, 0.15) is 4.34 Å². The molecule has 0 atom stereocenters. The second kappa shape index (κ2) is 5.74. The van der Waals surface area contributed by atoms with Crippen molar-refractivity contribution in [2.45, 2.75) is 19.6 Å². The number of rotatable bonds is 3. The molecule has 20 heavy (non-hydrogen) atoms. The molecule has 0 radical (unpaired) electrons. The first-order valence-corrected chi connectivity index (χ1v) is 7.75. The van der Waals surface area contributed by atoms with Gasteiger partial charge in [0.2, 0.25) is 0 Å². The molecule has 2 aromatic rings. The molecule has 3 nitrogen and oxygen atoms in total. The molecule has 2 heterocycles. The van der Waals surface area contributed by atoms with E-state index in [1.807, 2.05) is 6.07 Å². The number of halogens is 2. The van der Waals surface area contributed by atoms with Gasteiger partial charge in [-0.2, -0.15) is 0 Å². The predicted octanol–water partition coefficient (Wildman–Crippen LogP) is 3.59. The highest BCUT2D eigenvalue weighted by Gasteiger charge is 2.14. The first-order chi connectivity index (χ1) is 9.63. The molecule has 1 aliphatic rings. The van der Waals surface area contributed by atoms with E-state index in [0.717, 1.165) is 18.7 Å². The molecule has 0 bridgehead atoms. The van der Waals surface area contributed by atoms with Crippen molar-refractivity contribution in [3.63, 3.8) is 0 Å². The third-order valence-corrected chi connectivity index (χ3v) is 4.74. The van der Waals surface area contributed by atoms with Crippen LogP contribution in [0.25, 0.3) is 0 Å². The van der Waals surface area contributed by atoms with Crippen LogP contribution in [0.5, 0.6) is 0 Å². The van der Waals surface area contributed by atoms with Gasteiger partial charge in [-0.25, -0.2) is 0 Å². The second-order valence-corrected chi connectivity index (χ2v) is 6.91. The highest BCUT2D eigenvalue weighted by molar-refractivity contribution is 7.20. The van der Waals surface area contributed by atoms with E-state index < -0.39 is 0 Å². The van der Waals surface area contributed by atoms with Gasteiger partial charge in [-0.05, 0) is 22.8 Å². The highest BCUT2D eigenvalue weighted by atomic mass is 35.5. The Balaban J connectivity index is 1.67. The summed E-state index contributed by atoms with van der Waals surface area (Å²) in [6.07, 6.45) is 0. The zero-order valence-electron chi connectivity index (χ0n) is 10.5. The molecule has 1 amide bonds. The summed E-state index contributed by atoms with van der Waals surface area (Å²) in [7, 11) is 0. The van der Waals surface area contributed by atoms with Crippen LogP contribution in [0.2, 0.25) is 8.67 Å². The fourth-order valence-corrected chi connectivity index (χ4v) is 3.69. The fraction of sp³-hybridized carbons (Fsp3) is 0.214. The summed E-state index contributed by atoms with van der Waals surface area (Å²) in [5.74, 6) is -0.197. The van der Waals surface area contributed by atoms with Crippen molar-refractivity contribution in [1.82, 2.24) is 10.6 Å². The van der Waals surface area contributed by atoms with Gasteiger partial charge in [0.15, 0.2) is 0 Å². The molecular weight excluding hydrogens is 315 g/mol. The smallest absolute Gasteiger partial charge is 0.253 e. The normalized spacial score (nSPS) is 13.3. The van der Waals surface area contributed by atoms with E-state index in [-0.39, 0.29) is 5.91 Å². The minimum Gasteiger partial charge on any atom is -0.348 e. The van der Waals surface area contributed by atoms with Crippen molar-refractivity contribution in [3.8, 4) is 0 Å². The Hall–Kier alpha value is -1.07. The van der Waals surface area contributed by atoms with Gasteiger partial charge in [-0.15, -0.1) is 11.3 Å². The molecule has 0 unspecified atom stereocenters. The average molecular weight is 327 g/mol. The topological polar surface area (TPSA) is 41.1 Å². The third-order valence-electron chi connectivity index (χ3n) is 3.26. The van der Waals surface area contributed by atoms with Crippen LogP contribution in [-0.4, -0.2) is 5.91 Å². The minimum absolute atomic E-state index is 0.197. The lowest BCUT2D eigenvalue weighted by atomic mass is 10.1. The monoisotopic (exact) mass is 326 g/mol. The molecule has 6 heteroatoms. The van der Waals surface area contributed by atoms with E-state index in [1.54, 1.807) is 6.07 Å². The lowest BCUT2D eigenvalue weighted by Gasteiger charge is -2.06. The van der Waals surface area contributed by atoms with Crippen molar-refractivity contribution in [3.05, 3.63) is 55.2 Å². The van der Waals surface area contributed by atoms with Crippen molar-refractivity contribution in [2.75, 3.05) is 0 Å². The zero-order chi connectivity index (χ0) is 14.1. The van der Waals surface area contributed by atoms with Crippen LogP contribution in [0.1, 0.15) is 27.0 Å². The van der Waals surface area contributed by atoms with Crippen LogP contribution in [0.3, 0.4) is 0 Å². The Morgan fingerprint density at radius 1 is 1.25 bits per heavy atom. The highest BCUT2D eigenvalue weighted by Crippen LogP contribution is 2.31. The quantitative estimate of drug-likeness (QED) is 0.905. The molecule has 0 saturated heterocycles. The number of nitrogens with one attached hydrogen (secondary N) is 2. The minimum atomic E-state index is -0.197. The summed E-state index contributed by atoms with van der Waals surface area (Å²) in [6, 6.07) is 7.86. The Morgan fingerprint density at radius 2 is 2.05 bits per heavy atom. The van der Waals surface area contributed by atoms with E-state index >= 15 is 0 Å². The van der Waals surface area contributed by atoms with Crippen molar-refractivity contribution in [2.24, 2.45) is 0 Å². The second-order valence-electron chi connectivity index (χ2n) is 4.63. The maximum absolute atomic E-state index is 12.0. The van der Waals surface area contributed by atoms with Crippen molar-refractivity contribution >= 4 is 40.4 Å². The number of benzene rings is 1. The van der Waals surface area contributed by atoms with Gasteiger partial charge in [0, 0.05) is 19.6 Å². The Kier molecular flexibility index (Phi) is 3.98. The Bertz CT molecular complexity index is 669. The van der Waals surface area contributed by atoms with Gasteiger partial charge in [0.25, 0.3) is 5.91 Å². The summed E-state index contributed by atoms with van der Waals surface area (Å²) in [6.45, 7) is 2.30. The summed E-state index contributed by atoms with van der Waals surface area (Å²) in [4.78, 5) is 12.0. The Labute approximate surface area is 130 Å². The number of carbonyl (C=O) groups is 1. The molecule has 0 saturated carbocycles. The first kappa shape index (κ1) is 13.9. The van der Waals surface area contributed by atoms with E-state index in [2.05, 4.69) is 22.8 Å². The molecule has 0 aliphatic carbocycles. The molecule has 104 valence electrons. The molecule has 1 aliphatic heterocycles. The zero-order valence-corrected chi connectivity index (χ0v) is 12.8. The van der Waals surface area contributed by atoms with Gasteiger partial charge in [0.05, 0.1) is 9.90 Å². The number of fused-ring (bicyclic) bond motifs is 1. The van der Waals surface area contributed by atoms with Crippen LogP contribution in [0, 0.1) is 0 Å². The molecule has 0 fully saturated rings. The SMILES string of the molecule is O=C(NCc1ccc2c(c1)CNC2)c1cc(Cl)sc1Cl. The molecule has 3 rings (SSSR count). The standard InChI is InChI=1S/C14H12Cl2N2OS/c15-12-4-11(13(16)20-12)14(19)18-5-8-1-2-9-6-17-7-10(9)3-8/h1-4,17H,5-7H2,(H,18,19). The van der Waals surface area contributed by atoms with Crippen LogP contribution in [-0.2, 0) is 19.6 Å². The number of hydrogen-bond donors (Lipinski definition) is 2. The molecule has 2 N–H and O–H groups in total. The van der Waals surface area contributed by atoms with Gasteiger partial charge in [-0.3, -0.25) is 4.79 Å². The largest absolute Gasteiger partial charge is 0.348 e. The lowest BCUT2D eigenvalue weighted by molar-refractivity contribution is 0.0951.